The van der Waals surface area contributed by atoms with E-state index in [1.807, 2.05) is 56.3 Å². The van der Waals surface area contributed by atoms with Gasteiger partial charge in [-0.05, 0) is 49.6 Å². The number of rotatable bonds is 7. The Labute approximate surface area is 142 Å². The third-order valence-corrected chi connectivity index (χ3v) is 3.85. The Balaban J connectivity index is 1.70. The summed E-state index contributed by atoms with van der Waals surface area (Å²) in [6.45, 7) is 4.45. The molecule has 0 saturated carbocycles. The van der Waals surface area contributed by atoms with Gasteiger partial charge >= 0.3 is 0 Å². The van der Waals surface area contributed by atoms with Crippen LogP contribution in [0, 0.1) is 6.92 Å². The summed E-state index contributed by atoms with van der Waals surface area (Å²) in [6.07, 6.45) is 1.12. The van der Waals surface area contributed by atoms with E-state index >= 15 is 0 Å². The molecule has 0 fully saturated rings. The third-order valence-electron chi connectivity index (χ3n) is 3.62. The summed E-state index contributed by atoms with van der Waals surface area (Å²) >= 11 is 5.91. The van der Waals surface area contributed by atoms with Crippen LogP contribution in [0.1, 0.15) is 36.9 Å². The van der Waals surface area contributed by atoms with Crippen molar-refractivity contribution in [3.05, 3.63) is 64.7 Å². The third kappa shape index (κ3) is 5.61. The zero-order valence-electron chi connectivity index (χ0n) is 13.5. The zero-order chi connectivity index (χ0) is 16.7. The SMILES string of the molecule is Cc1cc(Cl)ccc1OCCCC(=O)N[C@H](C)c1ccccc1. The second kappa shape index (κ2) is 8.59. The van der Waals surface area contributed by atoms with Gasteiger partial charge in [0.25, 0.3) is 0 Å². The van der Waals surface area contributed by atoms with E-state index in [4.69, 9.17) is 16.3 Å². The molecule has 1 N–H and O–H groups in total. The number of aryl methyl sites for hydroxylation is 1. The predicted molar refractivity (Wildman–Crippen MR) is 93.9 cm³/mol. The first kappa shape index (κ1) is 17.4. The van der Waals surface area contributed by atoms with Gasteiger partial charge in [0.2, 0.25) is 5.91 Å². The minimum absolute atomic E-state index is 0.0168. The highest BCUT2D eigenvalue weighted by Crippen LogP contribution is 2.22. The van der Waals surface area contributed by atoms with Gasteiger partial charge in [-0.1, -0.05) is 41.9 Å². The summed E-state index contributed by atoms with van der Waals surface area (Å²) in [4.78, 5) is 12.0. The average Bonchev–Trinajstić information content (AvgIpc) is 2.54. The summed E-state index contributed by atoms with van der Waals surface area (Å²) in [6, 6.07) is 15.5. The highest BCUT2D eigenvalue weighted by atomic mass is 35.5. The number of nitrogens with one attached hydrogen (secondary N) is 1. The lowest BCUT2D eigenvalue weighted by Gasteiger charge is -2.14. The van der Waals surface area contributed by atoms with Gasteiger partial charge < -0.3 is 10.1 Å². The van der Waals surface area contributed by atoms with Gasteiger partial charge in [0, 0.05) is 11.4 Å². The zero-order valence-corrected chi connectivity index (χ0v) is 14.3. The number of amides is 1. The monoisotopic (exact) mass is 331 g/mol. The number of benzene rings is 2. The molecule has 0 aliphatic carbocycles. The van der Waals surface area contributed by atoms with Crippen LogP contribution in [-0.2, 0) is 4.79 Å². The van der Waals surface area contributed by atoms with Crippen molar-refractivity contribution in [3.8, 4) is 5.75 Å². The first-order valence-corrected chi connectivity index (χ1v) is 8.17. The van der Waals surface area contributed by atoms with Crippen molar-refractivity contribution in [2.75, 3.05) is 6.61 Å². The molecule has 0 bridgehead atoms. The van der Waals surface area contributed by atoms with Crippen molar-refractivity contribution in [2.24, 2.45) is 0 Å². The number of hydrogen-bond acceptors (Lipinski definition) is 2. The number of carbonyl (C=O) groups excluding carboxylic acids is 1. The molecule has 0 saturated heterocycles. The molecule has 1 atom stereocenters. The van der Waals surface area contributed by atoms with E-state index in [1.54, 1.807) is 6.07 Å². The predicted octanol–water partition coefficient (Wildman–Crippen LogP) is 4.68. The maximum absolute atomic E-state index is 12.0. The van der Waals surface area contributed by atoms with Gasteiger partial charge in [0.15, 0.2) is 0 Å². The smallest absolute Gasteiger partial charge is 0.220 e. The molecule has 0 radical (unpaired) electrons. The van der Waals surface area contributed by atoms with Crippen molar-refractivity contribution in [1.82, 2.24) is 5.32 Å². The first-order chi connectivity index (χ1) is 11.1. The summed E-state index contributed by atoms with van der Waals surface area (Å²) in [5.41, 5.74) is 2.11. The van der Waals surface area contributed by atoms with Gasteiger partial charge in [-0.2, -0.15) is 0 Å². The molecule has 2 aromatic rings. The summed E-state index contributed by atoms with van der Waals surface area (Å²) in [5.74, 6) is 0.852. The second-order valence-electron chi connectivity index (χ2n) is 5.56. The van der Waals surface area contributed by atoms with Gasteiger partial charge in [0.1, 0.15) is 5.75 Å². The van der Waals surface area contributed by atoms with Crippen LogP contribution in [0.25, 0.3) is 0 Å². The number of carbonyl (C=O) groups is 1. The van der Waals surface area contributed by atoms with Crippen molar-refractivity contribution in [2.45, 2.75) is 32.7 Å². The largest absolute Gasteiger partial charge is 0.493 e. The Morgan fingerprint density at radius 3 is 2.65 bits per heavy atom. The van der Waals surface area contributed by atoms with E-state index in [0.717, 1.165) is 16.9 Å². The summed E-state index contributed by atoms with van der Waals surface area (Å²) in [5, 5.41) is 3.70. The number of halogens is 1. The fourth-order valence-corrected chi connectivity index (χ4v) is 2.55. The Bertz CT molecular complexity index is 643. The van der Waals surface area contributed by atoms with Crippen molar-refractivity contribution in [1.29, 1.82) is 0 Å². The maximum atomic E-state index is 12.0. The fraction of sp³-hybridized carbons (Fsp3) is 0.316. The number of ether oxygens (including phenoxy) is 1. The lowest BCUT2D eigenvalue weighted by Crippen LogP contribution is -2.26. The quantitative estimate of drug-likeness (QED) is 0.748. The lowest BCUT2D eigenvalue weighted by atomic mass is 10.1. The van der Waals surface area contributed by atoms with Crippen LogP contribution in [0.5, 0.6) is 5.75 Å². The van der Waals surface area contributed by atoms with Gasteiger partial charge in [0.05, 0.1) is 12.6 Å². The molecule has 122 valence electrons. The molecule has 0 aliphatic heterocycles. The van der Waals surface area contributed by atoms with Crippen LogP contribution >= 0.6 is 11.6 Å². The van der Waals surface area contributed by atoms with Crippen LogP contribution in [-0.4, -0.2) is 12.5 Å². The topological polar surface area (TPSA) is 38.3 Å². The molecule has 0 unspecified atom stereocenters. The highest BCUT2D eigenvalue weighted by Gasteiger charge is 2.09. The molecule has 4 heteroatoms. The molecule has 3 nitrogen and oxygen atoms in total. The van der Waals surface area contributed by atoms with E-state index in [0.29, 0.717) is 24.5 Å². The van der Waals surface area contributed by atoms with E-state index in [-0.39, 0.29) is 11.9 Å². The van der Waals surface area contributed by atoms with Crippen LogP contribution < -0.4 is 10.1 Å². The molecule has 0 spiro atoms. The Morgan fingerprint density at radius 1 is 1.22 bits per heavy atom. The lowest BCUT2D eigenvalue weighted by molar-refractivity contribution is -0.121. The van der Waals surface area contributed by atoms with Crippen LogP contribution in [0.15, 0.2) is 48.5 Å². The number of hydrogen-bond donors (Lipinski definition) is 1. The van der Waals surface area contributed by atoms with E-state index in [2.05, 4.69) is 5.32 Å². The van der Waals surface area contributed by atoms with E-state index < -0.39 is 0 Å². The summed E-state index contributed by atoms with van der Waals surface area (Å²) in [7, 11) is 0. The second-order valence-corrected chi connectivity index (χ2v) is 6.00. The molecule has 2 rings (SSSR count). The normalized spacial score (nSPS) is 11.8. The van der Waals surface area contributed by atoms with Crippen molar-refractivity contribution < 1.29 is 9.53 Å². The van der Waals surface area contributed by atoms with Gasteiger partial charge in [-0.3, -0.25) is 4.79 Å². The standard InChI is InChI=1S/C19H22ClNO2/c1-14-13-17(20)10-11-18(14)23-12-6-9-19(22)21-15(2)16-7-4-3-5-8-16/h3-5,7-8,10-11,13,15H,6,9,12H2,1-2H3,(H,21,22)/t15-/m1/s1. The summed E-state index contributed by atoms with van der Waals surface area (Å²) < 4.78 is 5.69. The van der Waals surface area contributed by atoms with Gasteiger partial charge in [-0.15, -0.1) is 0 Å². The highest BCUT2D eigenvalue weighted by molar-refractivity contribution is 6.30. The Morgan fingerprint density at radius 2 is 1.96 bits per heavy atom. The molecule has 0 heterocycles. The Hall–Kier alpha value is -2.00. The van der Waals surface area contributed by atoms with E-state index in [1.165, 1.54) is 0 Å². The molecule has 2 aromatic carbocycles. The van der Waals surface area contributed by atoms with Crippen molar-refractivity contribution in [3.63, 3.8) is 0 Å². The van der Waals surface area contributed by atoms with Gasteiger partial charge in [-0.25, -0.2) is 0 Å². The molecular weight excluding hydrogens is 310 g/mol. The average molecular weight is 332 g/mol. The minimum atomic E-state index is 0.0168. The molecule has 0 aliphatic rings. The minimum Gasteiger partial charge on any atom is -0.493 e. The molecule has 0 aromatic heterocycles. The molecular formula is C19H22ClNO2. The van der Waals surface area contributed by atoms with E-state index in [9.17, 15) is 4.79 Å². The first-order valence-electron chi connectivity index (χ1n) is 7.79. The Kier molecular flexibility index (Phi) is 6.48. The van der Waals surface area contributed by atoms with Crippen LogP contribution in [0.4, 0.5) is 0 Å². The van der Waals surface area contributed by atoms with Crippen molar-refractivity contribution >= 4 is 17.5 Å². The maximum Gasteiger partial charge on any atom is 0.220 e. The molecule has 23 heavy (non-hydrogen) atoms. The van der Waals surface area contributed by atoms with Crippen LogP contribution in [0.3, 0.4) is 0 Å². The molecule has 1 amide bonds. The van der Waals surface area contributed by atoms with Crippen LogP contribution in [0.2, 0.25) is 5.02 Å². The fourth-order valence-electron chi connectivity index (χ4n) is 2.33.